The molecule has 1 rings (SSSR count). The summed E-state index contributed by atoms with van der Waals surface area (Å²) in [5.74, 6) is 0.0943. The molecule has 0 aliphatic heterocycles. The molecule has 0 spiro atoms. The van der Waals surface area contributed by atoms with E-state index in [1.807, 2.05) is 0 Å². The van der Waals surface area contributed by atoms with E-state index in [2.05, 4.69) is 10.6 Å². The van der Waals surface area contributed by atoms with Gasteiger partial charge in [0.25, 0.3) is 5.91 Å². The van der Waals surface area contributed by atoms with E-state index < -0.39 is 11.9 Å². The minimum atomic E-state index is -0.490. The molecule has 2 N–H and O–H groups in total. The number of ether oxygens (including phenoxy) is 4. The molecule has 0 saturated heterocycles. The molecule has 0 fully saturated rings. The third kappa shape index (κ3) is 5.27. The average molecular weight is 356 g/mol. The maximum absolute atomic E-state index is 12.3. The molecule has 1 aromatic rings. The van der Waals surface area contributed by atoms with Crippen molar-refractivity contribution < 1.29 is 28.5 Å². The molecule has 0 atom stereocenters. The first-order valence-electron chi connectivity index (χ1n) is 7.01. The SMILES string of the molecule is CCOC(=O)CNC(=S)NC(=O)c1cc(OC)c(OC)c(OC)c1. The number of carbonyl (C=O) groups is 2. The largest absolute Gasteiger partial charge is 0.493 e. The van der Waals surface area contributed by atoms with Crippen molar-refractivity contribution in [2.45, 2.75) is 6.92 Å². The van der Waals surface area contributed by atoms with Gasteiger partial charge in [0.1, 0.15) is 6.54 Å². The summed E-state index contributed by atoms with van der Waals surface area (Å²) in [6.07, 6.45) is 0. The van der Waals surface area contributed by atoms with Crippen LogP contribution in [0, 0.1) is 0 Å². The van der Waals surface area contributed by atoms with E-state index in [0.29, 0.717) is 17.2 Å². The molecule has 9 heteroatoms. The van der Waals surface area contributed by atoms with Gasteiger partial charge in [0.15, 0.2) is 16.6 Å². The second kappa shape index (κ2) is 9.56. The van der Waals surface area contributed by atoms with Gasteiger partial charge >= 0.3 is 5.97 Å². The van der Waals surface area contributed by atoms with Crippen LogP contribution in [0.1, 0.15) is 17.3 Å². The summed E-state index contributed by atoms with van der Waals surface area (Å²) in [5, 5.41) is 5.04. The lowest BCUT2D eigenvalue weighted by Crippen LogP contribution is -2.41. The zero-order valence-electron chi connectivity index (χ0n) is 13.9. The molecule has 1 amide bonds. The van der Waals surface area contributed by atoms with Crippen LogP contribution in [-0.2, 0) is 9.53 Å². The quantitative estimate of drug-likeness (QED) is 0.549. The van der Waals surface area contributed by atoms with E-state index in [0.717, 1.165) is 0 Å². The molecule has 0 unspecified atom stereocenters. The van der Waals surface area contributed by atoms with Gasteiger partial charge in [-0.15, -0.1) is 0 Å². The van der Waals surface area contributed by atoms with Gasteiger partial charge in [0, 0.05) is 5.56 Å². The normalized spacial score (nSPS) is 9.67. The van der Waals surface area contributed by atoms with Gasteiger partial charge in [-0.25, -0.2) is 0 Å². The van der Waals surface area contributed by atoms with Crippen LogP contribution in [0.4, 0.5) is 0 Å². The molecular weight excluding hydrogens is 336 g/mol. The Morgan fingerprint density at radius 2 is 1.67 bits per heavy atom. The summed E-state index contributed by atoms with van der Waals surface area (Å²) in [4.78, 5) is 23.5. The highest BCUT2D eigenvalue weighted by atomic mass is 32.1. The highest BCUT2D eigenvalue weighted by Gasteiger charge is 2.17. The number of hydrogen-bond acceptors (Lipinski definition) is 7. The van der Waals surface area contributed by atoms with E-state index in [1.54, 1.807) is 6.92 Å². The first-order valence-corrected chi connectivity index (χ1v) is 7.42. The lowest BCUT2D eigenvalue weighted by atomic mass is 10.1. The standard InChI is InChI=1S/C15H20N2O6S/c1-5-23-12(18)8-16-15(24)17-14(19)9-6-10(20-2)13(22-4)11(7-9)21-3/h6-7H,5,8H2,1-4H3,(H2,16,17,19,24). The first-order chi connectivity index (χ1) is 11.5. The second-order valence-electron chi connectivity index (χ2n) is 4.36. The number of esters is 1. The van der Waals surface area contributed by atoms with Gasteiger partial charge < -0.3 is 24.3 Å². The van der Waals surface area contributed by atoms with Crippen LogP contribution in [0.3, 0.4) is 0 Å². The van der Waals surface area contributed by atoms with Crippen molar-refractivity contribution in [1.82, 2.24) is 10.6 Å². The summed E-state index contributed by atoms with van der Waals surface area (Å²) in [7, 11) is 4.36. The van der Waals surface area contributed by atoms with Crippen LogP contribution in [0.2, 0.25) is 0 Å². The average Bonchev–Trinajstić information content (AvgIpc) is 2.58. The van der Waals surface area contributed by atoms with Crippen molar-refractivity contribution in [2.75, 3.05) is 34.5 Å². The van der Waals surface area contributed by atoms with E-state index in [9.17, 15) is 9.59 Å². The van der Waals surface area contributed by atoms with Crippen LogP contribution in [0.25, 0.3) is 0 Å². The number of methoxy groups -OCH3 is 3. The minimum absolute atomic E-state index is 0.00167. The Bertz CT molecular complexity index is 595. The van der Waals surface area contributed by atoms with Crippen molar-refractivity contribution in [3.8, 4) is 17.2 Å². The molecule has 132 valence electrons. The number of hydrogen-bond donors (Lipinski definition) is 2. The van der Waals surface area contributed by atoms with E-state index in [4.69, 9.17) is 31.2 Å². The molecule has 24 heavy (non-hydrogen) atoms. The Hall–Kier alpha value is -2.55. The molecule has 0 aliphatic rings. The van der Waals surface area contributed by atoms with Crippen LogP contribution < -0.4 is 24.8 Å². The second-order valence-corrected chi connectivity index (χ2v) is 4.76. The smallest absolute Gasteiger partial charge is 0.325 e. The van der Waals surface area contributed by atoms with Gasteiger partial charge in [-0.05, 0) is 31.3 Å². The fourth-order valence-corrected chi connectivity index (χ4v) is 1.96. The maximum atomic E-state index is 12.3. The number of amides is 1. The highest BCUT2D eigenvalue weighted by Crippen LogP contribution is 2.38. The van der Waals surface area contributed by atoms with Gasteiger partial charge in [-0.2, -0.15) is 0 Å². The number of benzene rings is 1. The first kappa shape index (κ1) is 19.5. The summed E-state index contributed by atoms with van der Waals surface area (Å²) in [6.45, 7) is 1.83. The van der Waals surface area contributed by atoms with Crippen molar-refractivity contribution in [3.05, 3.63) is 17.7 Å². The predicted octanol–water partition coefficient (Wildman–Crippen LogP) is 0.880. The van der Waals surface area contributed by atoms with Crippen LogP contribution in [-0.4, -0.2) is 51.5 Å². The minimum Gasteiger partial charge on any atom is -0.493 e. The van der Waals surface area contributed by atoms with Gasteiger partial charge in [0.05, 0.1) is 27.9 Å². The van der Waals surface area contributed by atoms with Gasteiger partial charge in [-0.1, -0.05) is 0 Å². The van der Waals surface area contributed by atoms with Crippen molar-refractivity contribution in [2.24, 2.45) is 0 Å². The molecule has 8 nitrogen and oxygen atoms in total. The fraction of sp³-hybridized carbons (Fsp3) is 0.400. The van der Waals surface area contributed by atoms with Gasteiger partial charge in [-0.3, -0.25) is 14.9 Å². The Morgan fingerprint density at radius 1 is 1.08 bits per heavy atom. The highest BCUT2D eigenvalue weighted by molar-refractivity contribution is 7.80. The third-order valence-corrected chi connectivity index (χ3v) is 3.10. The molecule has 0 bridgehead atoms. The zero-order valence-corrected chi connectivity index (χ0v) is 14.7. The predicted molar refractivity (Wildman–Crippen MR) is 90.8 cm³/mol. The Kier molecular flexibility index (Phi) is 7.76. The summed E-state index contributed by atoms with van der Waals surface area (Å²) >= 11 is 4.97. The fourth-order valence-electron chi connectivity index (χ4n) is 1.80. The molecular formula is C15H20N2O6S. The lowest BCUT2D eigenvalue weighted by Gasteiger charge is -2.14. The van der Waals surface area contributed by atoms with Crippen LogP contribution >= 0.6 is 12.2 Å². The summed E-state index contributed by atoms with van der Waals surface area (Å²) in [6, 6.07) is 2.98. The zero-order chi connectivity index (χ0) is 18.1. The number of rotatable bonds is 7. The topological polar surface area (TPSA) is 95.1 Å². The van der Waals surface area contributed by atoms with Crippen molar-refractivity contribution in [1.29, 1.82) is 0 Å². The molecule has 1 aromatic carbocycles. The monoisotopic (exact) mass is 356 g/mol. The molecule has 0 radical (unpaired) electrons. The number of nitrogens with one attached hydrogen (secondary N) is 2. The maximum Gasteiger partial charge on any atom is 0.325 e. The van der Waals surface area contributed by atoms with E-state index >= 15 is 0 Å². The number of carbonyl (C=O) groups excluding carboxylic acids is 2. The van der Waals surface area contributed by atoms with Crippen molar-refractivity contribution >= 4 is 29.2 Å². The molecule has 0 saturated carbocycles. The van der Waals surface area contributed by atoms with Crippen LogP contribution in [0.15, 0.2) is 12.1 Å². The summed E-state index contributed by atoms with van der Waals surface area (Å²) < 4.78 is 20.3. The Labute approximate surface area is 145 Å². The van der Waals surface area contributed by atoms with Gasteiger partial charge in [0.2, 0.25) is 5.75 Å². The summed E-state index contributed by atoms with van der Waals surface area (Å²) in [5.41, 5.74) is 0.254. The van der Waals surface area contributed by atoms with Crippen LogP contribution in [0.5, 0.6) is 17.2 Å². The molecule has 0 heterocycles. The van der Waals surface area contributed by atoms with Crippen molar-refractivity contribution in [3.63, 3.8) is 0 Å². The Morgan fingerprint density at radius 3 is 2.12 bits per heavy atom. The molecule has 0 aliphatic carbocycles. The third-order valence-electron chi connectivity index (χ3n) is 2.85. The van der Waals surface area contributed by atoms with E-state index in [1.165, 1.54) is 33.5 Å². The van der Waals surface area contributed by atoms with E-state index in [-0.39, 0.29) is 23.8 Å². The number of thiocarbonyl (C=S) groups is 1. The lowest BCUT2D eigenvalue weighted by molar-refractivity contribution is -0.141. The molecule has 0 aromatic heterocycles. The Balaban J connectivity index is 2.80.